The summed E-state index contributed by atoms with van der Waals surface area (Å²) in [5, 5.41) is 4.72. The number of carbonyl (C=O) groups is 2. The van der Waals surface area contributed by atoms with Crippen molar-refractivity contribution in [3.05, 3.63) is 50.6 Å². The fraction of sp³-hybridized carbons (Fsp3) is 0.333. The summed E-state index contributed by atoms with van der Waals surface area (Å²) in [5.41, 5.74) is 8.00. The molecule has 0 bridgehead atoms. The van der Waals surface area contributed by atoms with Crippen LogP contribution in [0.5, 0.6) is 0 Å². The summed E-state index contributed by atoms with van der Waals surface area (Å²) in [5.74, 6) is -0.366. The topological polar surface area (TPSA) is 75.4 Å². The monoisotopic (exact) mass is 421 g/mol. The van der Waals surface area contributed by atoms with E-state index < -0.39 is 0 Å². The number of thiophene rings is 1. The molecule has 1 aromatic carbocycles. The van der Waals surface area contributed by atoms with E-state index in [4.69, 9.17) is 5.73 Å². The molecule has 132 valence electrons. The first-order chi connectivity index (χ1) is 12.0. The van der Waals surface area contributed by atoms with Gasteiger partial charge in [-0.2, -0.15) is 0 Å². The highest BCUT2D eigenvalue weighted by atomic mass is 79.9. The van der Waals surface area contributed by atoms with Gasteiger partial charge in [0.2, 0.25) is 5.91 Å². The van der Waals surface area contributed by atoms with Crippen molar-refractivity contribution < 1.29 is 9.59 Å². The lowest BCUT2D eigenvalue weighted by Crippen LogP contribution is -2.40. The van der Waals surface area contributed by atoms with E-state index >= 15 is 0 Å². The average molecular weight is 422 g/mol. The van der Waals surface area contributed by atoms with Gasteiger partial charge in [0.15, 0.2) is 0 Å². The molecule has 0 radical (unpaired) electrons. The molecule has 7 heteroatoms. The number of likely N-dealkylation sites (tertiary alicyclic amines) is 1. The van der Waals surface area contributed by atoms with E-state index in [-0.39, 0.29) is 17.7 Å². The summed E-state index contributed by atoms with van der Waals surface area (Å²) >= 11 is 4.85. The van der Waals surface area contributed by atoms with E-state index in [0.29, 0.717) is 5.56 Å². The van der Waals surface area contributed by atoms with E-state index in [2.05, 4.69) is 26.1 Å². The third kappa shape index (κ3) is 4.90. The molecule has 0 aliphatic carbocycles. The van der Waals surface area contributed by atoms with Crippen molar-refractivity contribution in [2.24, 2.45) is 11.7 Å². The first kappa shape index (κ1) is 18.1. The lowest BCUT2D eigenvalue weighted by Gasteiger charge is -2.31. The molecule has 1 atom stereocenters. The van der Waals surface area contributed by atoms with Crippen LogP contribution in [0.1, 0.15) is 28.8 Å². The van der Waals surface area contributed by atoms with Crippen LogP contribution in [0.15, 0.2) is 39.5 Å². The Hall–Kier alpha value is -1.70. The molecule has 3 rings (SSSR count). The maximum atomic E-state index is 12.2. The second-order valence-electron chi connectivity index (χ2n) is 6.27. The Labute approximate surface area is 159 Å². The van der Waals surface area contributed by atoms with Crippen LogP contribution in [-0.4, -0.2) is 29.8 Å². The number of hydrogen-bond acceptors (Lipinski definition) is 4. The predicted molar refractivity (Wildman–Crippen MR) is 104 cm³/mol. The van der Waals surface area contributed by atoms with Crippen molar-refractivity contribution in [3.63, 3.8) is 0 Å². The fourth-order valence-electron chi connectivity index (χ4n) is 3.02. The SMILES string of the molecule is NC(=O)C1CCCN(Cc2ccc(NC(=O)c3csc(Br)c3)cc2)C1. The number of anilines is 1. The summed E-state index contributed by atoms with van der Waals surface area (Å²) in [6.07, 6.45) is 1.88. The van der Waals surface area contributed by atoms with Crippen molar-refractivity contribution >= 4 is 44.8 Å². The number of benzene rings is 1. The van der Waals surface area contributed by atoms with Gasteiger partial charge in [0.25, 0.3) is 5.91 Å². The lowest BCUT2D eigenvalue weighted by atomic mass is 9.97. The van der Waals surface area contributed by atoms with E-state index in [1.54, 1.807) is 6.07 Å². The van der Waals surface area contributed by atoms with Crippen LogP contribution in [0.25, 0.3) is 0 Å². The predicted octanol–water partition coefficient (Wildman–Crippen LogP) is 3.46. The maximum absolute atomic E-state index is 12.2. The van der Waals surface area contributed by atoms with Gasteiger partial charge < -0.3 is 11.1 Å². The van der Waals surface area contributed by atoms with Crippen LogP contribution in [-0.2, 0) is 11.3 Å². The molecule has 1 aliphatic rings. The number of halogens is 1. The summed E-state index contributed by atoms with van der Waals surface area (Å²) in [6.45, 7) is 2.49. The largest absolute Gasteiger partial charge is 0.369 e. The van der Waals surface area contributed by atoms with Gasteiger partial charge in [-0.3, -0.25) is 14.5 Å². The molecular formula is C18H20BrN3O2S. The number of piperidine rings is 1. The minimum atomic E-state index is -0.206. The maximum Gasteiger partial charge on any atom is 0.256 e. The van der Waals surface area contributed by atoms with Crippen LogP contribution in [0.3, 0.4) is 0 Å². The number of rotatable bonds is 5. The highest BCUT2D eigenvalue weighted by Gasteiger charge is 2.23. The van der Waals surface area contributed by atoms with E-state index in [0.717, 1.165) is 47.5 Å². The van der Waals surface area contributed by atoms with Gasteiger partial charge in [0.1, 0.15) is 0 Å². The lowest BCUT2D eigenvalue weighted by molar-refractivity contribution is -0.123. The third-order valence-corrected chi connectivity index (χ3v) is 5.86. The Morgan fingerprint density at radius 1 is 1.32 bits per heavy atom. The zero-order chi connectivity index (χ0) is 17.8. The second-order valence-corrected chi connectivity index (χ2v) is 8.56. The smallest absolute Gasteiger partial charge is 0.256 e. The normalized spacial score (nSPS) is 18.0. The molecule has 1 aromatic heterocycles. The van der Waals surface area contributed by atoms with Crippen molar-refractivity contribution in [1.82, 2.24) is 4.90 Å². The molecule has 0 saturated carbocycles. The zero-order valence-electron chi connectivity index (χ0n) is 13.7. The summed E-state index contributed by atoms with van der Waals surface area (Å²) in [6, 6.07) is 9.63. The minimum absolute atomic E-state index is 0.0442. The fourth-order valence-corrected chi connectivity index (χ4v) is 4.15. The van der Waals surface area contributed by atoms with Crippen LogP contribution in [0.4, 0.5) is 5.69 Å². The highest BCUT2D eigenvalue weighted by Crippen LogP contribution is 2.22. The highest BCUT2D eigenvalue weighted by molar-refractivity contribution is 9.11. The Morgan fingerprint density at radius 3 is 2.72 bits per heavy atom. The quantitative estimate of drug-likeness (QED) is 0.775. The zero-order valence-corrected chi connectivity index (χ0v) is 16.1. The average Bonchev–Trinajstić information content (AvgIpc) is 3.03. The Kier molecular flexibility index (Phi) is 5.88. The molecule has 0 spiro atoms. The van der Waals surface area contributed by atoms with Crippen LogP contribution >= 0.6 is 27.3 Å². The molecule has 1 fully saturated rings. The van der Waals surface area contributed by atoms with Gasteiger partial charge in [-0.15, -0.1) is 11.3 Å². The van der Waals surface area contributed by atoms with Crippen molar-refractivity contribution in [2.45, 2.75) is 19.4 Å². The number of primary amides is 1. The van der Waals surface area contributed by atoms with Crippen molar-refractivity contribution in [1.29, 1.82) is 0 Å². The van der Waals surface area contributed by atoms with Crippen LogP contribution in [0, 0.1) is 5.92 Å². The van der Waals surface area contributed by atoms with Crippen LogP contribution < -0.4 is 11.1 Å². The molecule has 1 aliphatic heterocycles. The Bertz CT molecular complexity index is 760. The van der Waals surface area contributed by atoms with Gasteiger partial charge in [-0.1, -0.05) is 12.1 Å². The summed E-state index contributed by atoms with van der Waals surface area (Å²) in [4.78, 5) is 25.8. The Balaban J connectivity index is 1.57. The molecule has 1 saturated heterocycles. The minimum Gasteiger partial charge on any atom is -0.369 e. The van der Waals surface area contributed by atoms with E-state index in [1.165, 1.54) is 11.3 Å². The first-order valence-corrected chi connectivity index (χ1v) is 9.84. The molecule has 2 heterocycles. The summed E-state index contributed by atoms with van der Waals surface area (Å²) in [7, 11) is 0. The second kappa shape index (κ2) is 8.12. The molecular weight excluding hydrogens is 402 g/mol. The number of hydrogen-bond donors (Lipinski definition) is 2. The van der Waals surface area contributed by atoms with Gasteiger partial charge in [0.05, 0.1) is 15.3 Å². The standard InChI is InChI=1S/C18H20BrN3O2S/c19-16-8-14(11-25-16)18(24)21-15-5-3-12(4-6-15)9-22-7-1-2-13(10-22)17(20)23/h3-6,8,11,13H,1-2,7,9-10H2,(H2,20,23)(H,21,24). The van der Waals surface area contributed by atoms with Gasteiger partial charge in [-0.25, -0.2) is 0 Å². The molecule has 5 nitrogen and oxygen atoms in total. The number of nitrogens with zero attached hydrogens (tertiary/aromatic N) is 1. The summed E-state index contributed by atoms with van der Waals surface area (Å²) < 4.78 is 0.934. The molecule has 1 unspecified atom stereocenters. The van der Waals surface area contributed by atoms with Gasteiger partial charge in [0, 0.05) is 24.2 Å². The van der Waals surface area contributed by atoms with E-state index in [1.807, 2.05) is 29.6 Å². The number of amides is 2. The molecule has 2 aromatic rings. The number of nitrogens with two attached hydrogens (primary N) is 1. The van der Waals surface area contributed by atoms with Crippen molar-refractivity contribution in [2.75, 3.05) is 18.4 Å². The molecule has 3 N–H and O–H groups in total. The van der Waals surface area contributed by atoms with Crippen molar-refractivity contribution in [3.8, 4) is 0 Å². The van der Waals surface area contributed by atoms with E-state index in [9.17, 15) is 9.59 Å². The van der Waals surface area contributed by atoms with Gasteiger partial charge in [-0.05, 0) is 59.1 Å². The van der Waals surface area contributed by atoms with Crippen LogP contribution in [0.2, 0.25) is 0 Å². The number of nitrogens with one attached hydrogen (secondary N) is 1. The molecule has 2 amide bonds. The number of carbonyl (C=O) groups excluding carboxylic acids is 2. The molecule has 25 heavy (non-hydrogen) atoms. The van der Waals surface area contributed by atoms with Gasteiger partial charge >= 0.3 is 0 Å². The Morgan fingerprint density at radius 2 is 2.08 bits per heavy atom. The first-order valence-electron chi connectivity index (χ1n) is 8.17. The third-order valence-electron chi connectivity index (χ3n) is 4.36.